The van der Waals surface area contributed by atoms with Crippen LogP contribution in [0.5, 0.6) is 11.6 Å². The van der Waals surface area contributed by atoms with Crippen LogP contribution in [0.25, 0.3) is 23.0 Å². The van der Waals surface area contributed by atoms with Gasteiger partial charge in [0.15, 0.2) is 5.76 Å². The van der Waals surface area contributed by atoms with Crippen LogP contribution in [-0.4, -0.2) is 28.2 Å². The van der Waals surface area contributed by atoms with E-state index < -0.39 is 5.97 Å². The van der Waals surface area contributed by atoms with Crippen LogP contribution < -0.4 is 4.74 Å². The molecule has 0 N–H and O–H groups in total. The van der Waals surface area contributed by atoms with E-state index in [1.165, 1.54) is 18.7 Å². The quantitative estimate of drug-likeness (QED) is 0.456. The van der Waals surface area contributed by atoms with Crippen LogP contribution in [0.1, 0.15) is 21.7 Å². The molecule has 0 bridgehead atoms. The highest BCUT2D eigenvalue weighted by atomic mass is 16.5. The molecule has 8 nitrogen and oxygen atoms in total. The van der Waals surface area contributed by atoms with Gasteiger partial charge in [-0.1, -0.05) is 11.2 Å². The van der Waals surface area contributed by atoms with Gasteiger partial charge in [-0.05, 0) is 55.3 Å². The molecule has 0 amide bonds. The molecule has 0 aliphatic carbocycles. The number of nitrogens with zero attached hydrogens (tertiary/aromatic N) is 3. The first-order valence-electron chi connectivity index (χ1n) is 8.77. The van der Waals surface area contributed by atoms with Crippen molar-refractivity contribution in [2.45, 2.75) is 13.8 Å². The minimum atomic E-state index is -0.585. The highest BCUT2D eigenvalue weighted by molar-refractivity contribution is 5.86. The topological polar surface area (TPSA) is 100 Å². The molecule has 4 rings (SSSR count). The Kier molecular flexibility index (Phi) is 4.82. The predicted molar refractivity (Wildman–Crippen MR) is 103 cm³/mol. The fourth-order valence-electron chi connectivity index (χ4n) is 2.61. The van der Waals surface area contributed by atoms with Crippen LogP contribution in [-0.2, 0) is 4.74 Å². The summed E-state index contributed by atoms with van der Waals surface area (Å²) < 4.78 is 21.1. The van der Waals surface area contributed by atoms with E-state index in [-0.39, 0.29) is 17.4 Å². The minimum absolute atomic E-state index is 0.0511. The number of hydrogen-bond acceptors (Lipinski definition) is 8. The van der Waals surface area contributed by atoms with Gasteiger partial charge in [0.1, 0.15) is 5.75 Å². The molecule has 29 heavy (non-hydrogen) atoms. The molecule has 146 valence electrons. The number of rotatable bonds is 5. The number of carbonyl (C=O) groups excluding carboxylic acids is 1. The molecule has 8 heteroatoms. The summed E-state index contributed by atoms with van der Waals surface area (Å²) in [6.45, 7) is 4.06. The Balaban J connectivity index is 1.56. The maximum Gasteiger partial charge on any atom is 0.373 e. The highest BCUT2D eigenvalue weighted by Crippen LogP contribution is 2.27. The molecule has 0 fully saturated rings. The van der Waals surface area contributed by atoms with Crippen molar-refractivity contribution < 1.29 is 23.2 Å². The SMILES string of the molecule is COC(=O)c1ccc(-c2nc(-c3ccnc(Oc4ccc(C)c(C)c4)c3)no2)o1. The van der Waals surface area contributed by atoms with Crippen molar-refractivity contribution in [3.05, 3.63) is 65.5 Å². The summed E-state index contributed by atoms with van der Waals surface area (Å²) >= 11 is 0. The number of carbonyl (C=O) groups is 1. The van der Waals surface area contributed by atoms with E-state index in [4.69, 9.17) is 13.7 Å². The van der Waals surface area contributed by atoms with Crippen LogP contribution in [0.3, 0.4) is 0 Å². The second kappa shape index (κ2) is 7.59. The Bertz CT molecular complexity index is 1180. The van der Waals surface area contributed by atoms with Crippen LogP contribution >= 0.6 is 0 Å². The predicted octanol–water partition coefficient (Wildman–Crippen LogP) is 4.59. The average Bonchev–Trinajstić information content (AvgIpc) is 3.40. The lowest BCUT2D eigenvalue weighted by atomic mass is 10.1. The van der Waals surface area contributed by atoms with Crippen molar-refractivity contribution in [3.8, 4) is 34.7 Å². The number of esters is 1. The second-order valence-corrected chi connectivity index (χ2v) is 6.31. The van der Waals surface area contributed by atoms with Gasteiger partial charge in [-0.3, -0.25) is 0 Å². The third kappa shape index (κ3) is 3.86. The summed E-state index contributed by atoms with van der Waals surface area (Å²) in [4.78, 5) is 20.1. The number of benzene rings is 1. The van der Waals surface area contributed by atoms with E-state index in [0.29, 0.717) is 23.0 Å². The summed E-state index contributed by atoms with van der Waals surface area (Å²) in [7, 11) is 1.27. The molecule has 0 spiro atoms. The molecule has 1 aromatic carbocycles. The first-order chi connectivity index (χ1) is 14.0. The van der Waals surface area contributed by atoms with Gasteiger partial charge in [-0.2, -0.15) is 4.98 Å². The summed E-state index contributed by atoms with van der Waals surface area (Å²) in [5.41, 5.74) is 2.98. The van der Waals surface area contributed by atoms with E-state index in [9.17, 15) is 4.79 Å². The Morgan fingerprint density at radius 2 is 1.90 bits per heavy atom. The van der Waals surface area contributed by atoms with Gasteiger partial charge in [0.05, 0.1) is 7.11 Å². The lowest BCUT2D eigenvalue weighted by molar-refractivity contribution is 0.0566. The fourth-order valence-corrected chi connectivity index (χ4v) is 2.61. The smallest absolute Gasteiger partial charge is 0.373 e. The Morgan fingerprint density at radius 1 is 1.03 bits per heavy atom. The largest absolute Gasteiger partial charge is 0.463 e. The Morgan fingerprint density at radius 3 is 2.69 bits per heavy atom. The molecule has 0 radical (unpaired) electrons. The van der Waals surface area contributed by atoms with Gasteiger partial charge < -0.3 is 18.4 Å². The standard InChI is InChI=1S/C21H17N3O5/c1-12-4-5-15(10-13(12)2)27-18-11-14(8-9-22-18)19-23-20(29-24-19)16-6-7-17(28-16)21(25)26-3/h4-11H,1-3H3. The molecule has 0 aliphatic rings. The molecule has 4 aromatic rings. The molecule has 3 heterocycles. The maximum absolute atomic E-state index is 11.5. The molecule has 3 aromatic heterocycles. The van der Waals surface area contributed by atoms with Crippen molar-refractivity contribution in [1.82, 2.24) is 15.1 Å². The maximum atomic E-state index is 11.5. The average molecular weight is 391 g/mol. The summed E-state index contributed by atoms with van der Waals surface area (Å²) in [6.07, 6.45) is 1.60. The number of furan rings is 1. The van der Waals surface area contributed by atoms with Crippen LogP contribution in [0.15, 0.2) is 57.6 Å². The van der Waals surface area contributed by atoms with E-state index in [0.717, 1.165) is 5.56 Å². The molecule has 0 unspecified atom stereocenters. The lowest BCUT2D eigenvalue weighted by Crippen LogP contribution is -1.98. The molecule has 0 aliphatic heterocycles. The molecular formula is C21H17N3O5. The second-order valence-electron chi connectivity index (χ2n) is 6.31. The van der Waals surface area contributed by atoms with Gasteiger partial charge in [0.25, 0.3) is 5.89 Å². The van der Waals surface area contributed by atoms with Gasteiger partial charge in [-0.15, -0.1) is 0 Å². The molecule has 0 saturated carbocycles. The third-order valence-electron chi connectivity index (χ3n) is 4.32. The zero-order chi connectivity index (χ0) is 20.4. The summed E-state index contributed by atoms with van der Waals surface area (Å²) in [5.74, 6) is 1.31. The minimum Gasteiger partial charge on any atom is -0.463 e. The fraction of sp³-hybridized carbons (Fsp3) is 0.143. The van der Waals surface area contributed by atoms with Crippen molar-refractivity contribution in [3.63, 3.8) is 0 Å². The van der Waals surface area contributed by atoms with Crippen molar-refractivity contribution in [1.29, 1.82) is 0 Å². The first kappa shape index (κ1) is 18.4. The first-order valence-corrected chi connectivity index (χ1v) is 8.77. The zero-order valence-electron chi connectivity index (χ0n) is 16.0. The third-order valence-corrected chi connectivity index (χ3v) is 4.32. The molecule has 0 atom stereocenters. The van der Waals surface area contributed by atoms with Crippen LogP contribution in [0.2, 0.25) is 0 Å². The van der Waals surface area contributed by atoms with Crippen molar-refractivity contribution >= 4 is 5.97 Å². The summed E-state index contributed by atoms with van der Waals surface area (Å²) in [6, 6.07) is 12.3. The number of ether oxygens (including phenoxy) is 2. The Hall–Kier alpha value is -3.94. The zero-order valence-corrected chi connectivity index (χ0v) is 16.0. The highest BCUT2D eigenvalue weighted by Gasteiger charge is 2.18. The number of methoxy groups -OCH3 is 1. The van der Waals surface area contributed by atoms with Gasteiger partial charge in [-0.25, -0.2) is 9.78 Å². The lowest BCUT2D eigenvalue weighted by Gasteiger charge is -2.07. The van der Waals surface area contributed by atoms with Gasteiger partial charge in [0, 0.05) is 17.8 Å². The van der Waals surface area contributed by atoms with Crippen LogP contribution in [0, 0.1) is 13.8 Å². The number of hydrogen-bond donors (Lipinski definition) is 0. The number of pyridine rings is 1. The van der Waals surface area contributed by atoms with E-state index >= 15 is 0 Å². The molecule has 0 saturated heterocycles. The van der Waals surface area contributed by atoms with E-state index in [1.54, 1.807) is 24.4 Å². The van der Waals surface area contributed by atoms with Gasteiger partial charge in [0.2, 0.25) is 17.5 Å². The molecular weight excluding hydrogens is 374 g/mol. The number of aromatic nitrogens is 3. The van der Waals surface area contributed by atoms with Crippen LogP contribution in [0.4, 0.5) is 0 Å². The summed E-state index contributed by atoms with van der Waals surface area (Å²) in [5, 5.41) is 3.97. The monoisotopic (exact) mass is 391 g/mol. The van der Waals surface area contributed by atoms with E-state index in [1.807, 2.05) is 32.0 Å². The Labute approximate surface area is 166 Å². The van der Waals surface area contributed by atoms with Crippen molar-refractivity contribution in [2.75, 3.05) is 7.11 Å². The van der Waals surface area contributed by atoms with Crippen molar-refractivity contribution in [2.24, 2.45) is 0 Å². The van der Waals surface area contributed by atoms with Gasteiger partial charge >= 0.3 is 5.97 Å². The normalized spacial score (nSPS) is 10.7. The van der Waals surface area contributed by atoms with E-state index in [2.05, 4.69) is 19.9 Å². The number of aryl methyl sites for hydroxylation is 2.